The highest BCUT2D eigenvalue weighted by molar-refractivity contribution is 7.90. The summed E-state index contributed by atoms with van der Waals surface area (Å²) >= 11 is 0. The number of rotatable bonds is 10. The number of amides is 1. The minimum atomic E-state index is -4.43. The summed E-state index contributed by atoms with van der Waals surface area (Å²) in [7, 11) is -4.43. The van der Waals surface area contributed by atoms with E-state index in [4.69, 9.17) is 15.2 Å². The molecule has 1 aliphatic rings. The molecule has 1 aromatic carbocycles. The van der Waals surface area contributed by atoms with Crippen molar-refractivity contribution >= 4 is 21.7 Å². The number of hydrogen-bond acceptors (Lipinski definition) is 8. The van der Waals surface area contributed by atoms with E-state index in [1.807, 2.05) is 18.6 Å². The van der Waals surface area contributed by atoms with Gasteiger partial charge in [-0.2, -0.15) is 8.42 Å². The van der Waals surface area contributed by atoms with Gasteiger partial charge < -0.3 is 15.2 Å². The Kier molecular flexibility index (Phi) is 7.49. The van der Waals surface area contributed by atoms with Crippen LogP contribution in [0.5, 0.6) is 11.6 Å². The van der Waals surface area contributed by atoms with Crippen molar-refractivity contribution < 1.29 is 35.9 Å². The number of sulfonamides is 1. The molecular formula is C25H25F3N4O5S. The van der Waals surface area contributed by atoms with Gasteiger partial charge in [-0.1, -0.05) is 19.9 Å². The molecule has 0 bridgehead atoms. The highest BCUT2D eigenvalue weighted by atomic mass is 32.2. The van der Waals surface area contributed by atoms with Crippen molar-refractivity contribution in [2.24, 2.45) is 11.8 Å². The average Bonchev–Trinajstić information content (AvgIpc) is 3.46. The number of benzene rings is 1. The molecule has 9 nitrogen and oxygen atoms in total. The maximum absolute atomic E-state index is 14.3. The fourth-order valence-corrected chi connectivity index (χ4v) is 4.32. The van der Waals surface area contributed by atoms with Gasteiger partial charge in [0, 0.05) is 18.1 Å². The quantitative estimate of drug-likeness (QED) is 0.386. The Balaban J connectivity index is 1.65. The molecule has 3 N–H and O–H groups in total. The van der Waals surface area contributed by atoms with E-state index < -0.39 is 51.1 Å². The zero-order chi connectivity index (χ0) is 27.7. The SMILES string of the molecule is CC(C)COc1cc(F)cc(-c2ccc(C(=O)NS(=O)(=O)c3cccc(N)n3)c(OCC3CC3(F)F)n2)c1. The number of pyridine rings is 2. The van der Waals surface area contributed by atoms with Crippen molar-refractivity contribution in [2.75, 3.05) is 18.9 Å². The summed E-state index contributed by atoms with van der Waals surface area (Å²) in [6.07, 6.45) is -0.385. The van der Waals surface area contributed by atoms with Crippen LogP contribution in [0.2, 0.25) is 0 Å². The van der Waals surface area contributed by atoms with E-state index in [1.54, 1.807) is 0 Å². The third-order valence-corrected chi connectivity index (χ3v) is 6.71. The van der Waals surface area contributed by atoms with Crippen LogP contribution in [0.4, 0.5) is 19.0 Å². The zero-order valence-corrected chi connectivity index (χ0v) is 21.3. The first-order valence-electron chi connectivity index (χ1n) is 11.6. The van der Waals surface area contributed by atoms with Gasteiger partial charge in [0.25, 0.3) is 21.9 Å². The van der Waals surface area contributed by atoms with Gasteiger partial charge in [-0.05, 0) is 42.3 Å². The molecule has 0 radical (unpaired) electrons. The van der Waals surface area contributed by atoms with Gasteiger partial charge in [0.1, 0.15) is 22.9 Å². The van der Waals surface area contributed by atoms with E-state index in [-0.39, 0.29) is 40.7 Å². The number of nitrogens with zero attached hydrogens (tertiary/aromatic N) is 2. The Hall–Kier alpha value is -3.87. The topological polar surface area (TPSA) is 134 Å². The van der Waals surface area contributed by atoms with Gasteiger partial charge in [-0.25, -0.2) is 27.9 Å². The summed E-state index contributed by atoms with van der Waals surface area (Å²) in [5.41, 5.74) is 5.61. The molecule has 1 amide bonds. The first kappa shape index (κ1) is 27.2. The summed E-state index contributed by atoms with van der Waals surface area (Å²) in [6, 6.07) is 10.3. The molecule has 202 valence electrons. The van der Waals surface area contributed by atoms with E-state index in [1.165, 1.54) is 42.5 Å². The molecule has 0 aliphatic heterocycles. The number of hydrogen-bond donors (Lipinski definition) is 2. The normalized spacial score (nSPS) is 16.2. The van der Waals surface area contributed by atoms with Crippen LogP contribution >= 0.6 is 0 Å². The minimum Gasteiger partial charge on any atom is -0.493 e. The van der Waals surface area contributed by atoms with E-state index in [9.17, 15) is 26.4 Å². The summed E-state index contributed by atoms with van der Waals surface area (Å²) in [5.74, 6) is -5.74. The maximum Gasteiger partial charge on any atom is 0.281 e. The van der Waals surface area contributed by atoms with Crippen molar-refractivity contribution in [1.82, 2.24) is 14.7 Å². The van der Waals surface area contributed by atoms with Gasteiger partial charge >= 0.3 is 0 Å². The van der Waals surface area contributed by atoms with Crippen LogP contribution in [0, 0.1) is 17.7 Å². The second-order valence-corrected chi connectivity index (χ2v) is 10.9. The molecule has 2 heterocycles. The van der Waals surface area contributed by atoms with Crippen LogP contribution in [0.3, 0.4) is 0 Å². The second kappa shape index (κ2) is 10.5. The van der Waals surface area contributed by atoms with Gasteiger partial charge in [-0.3, -0.25) is 4.79 Å². The fraction of sp³-hybridized carbons (Fsp3) is 0.320. The van der Waals surface area contributed by atoms with Crippen LogP contribution < -0.4 is 19.9 Å². The maximum atomic E-state index is 14.3. The lowest BCUT2D eigenvalue weighted by Gasteiger charge is -2.14. The van der Waals surface area contributed by atoms with Crippen LogP contribution in [-0.2, 0) is 10.0 Å². The van der Waals surface area contributed by atoms with E-state index in [0.29, 0.717) is 6.61 Å². The van der Waals surface area contributed by atoms with Crippen molar-refractivity contribution in [2.45, 2.75) is 31.2 Å². The summed E-state index contributed by atoms with van der Waals surface area (Å²) < 4.78 is 79.3. The van der Waals surface area contributed by atoms with Crippen molar-refractivity contribution in [3.8, 4) is 22.9 Å². The number of nitrogens with two attached hydrogens (primary N) is 1. The molecule has 3 aromatic rings. The minimum absolute atomic E-state index is 0.0763. The average molecular weight is 551 g/mol. The molecule has 0 spiro atoms. The standard InChI is InChI=1S/C25H25F3N4O5S/c1-14(2)12-36-18-9-15(8-17(26)10-18)20-7-6-19(24(30-20)37-13-16-11-25(16,27)28)23(33)32-38(34,35)22-5-3-4-21(29)31-22/h3-10,14,16H,11-13H2,1-2H3,(H2,29,31)(H,32,33). The van der Waals surface area contributed by atoms with E-state index in [2.05, 4.69) is 9.97 Å². The third kappa shape index (κ3) is 6.52. The monoisotopic (exact) mass is 550 g/mol. The van der Waals surface area contributed by atoms with E-state index >= 15 is 0 Å². The largest absolute Gasteiger partial charge is 0.493 e. The molecule has 1 unspecified atom stereocenters. The zero-order valence-electron chi connectivity index (χ0n) is 20.4. The number of nitrogens with one attached hydrogen (secondary N) is 1. The van der Waals surface area contributed by atoms with Crippen LogP contribution in [-0.4, -0.2) is 43.4 Å². The highest BCUT2D eigenvalue weighted by Crippen LogP contribution is 2.48. The smallest absolute Gasteiger partial charge is 0.281 e. The van der Waals surface area contributed by atoms with Crippen LogP contribution in [0.1, 0.15) is 30.6 Å². The van der Waals surface area contributed by atoms with Gasteiger partial charge in [0.15, 0.2) is 5.03 Å². The summed E-state index contributed by atoms with van der Waals surface area (Å²) in [6.45, 7) is 3.75. The van der Waals surface area contributed by atoms with Crippen LogP contribution in [0.25, 0.3) is 11.3 Å². The molecule has 38 heavy (non-hydrogen) atoms. The Morgan fingerprint density at radius 3 is 2.55 bits per heavy atom. The van der Waals surface area contributed by atoms with Crippen molar-refractivity contribution in [1.29, 1.82) is 0 Å². The second-order valence-electron chi connectivity index (χ2n) is 9.24. The molecule has 4 rings (SSSR count). The Morgan fingerprint density at radius 2 is 1.89 bits per heavy atom. The number of nitrogen functional groups attached to an aromatic ring is 1. The number of halogens is 3. The Labute approximate surface area is 217 Å². The van der Waals surface area contributed by atoms with Gasteiger partial charge in [0.05, 0.1) is 24.8 Å². The number of aromatic nitrogens is 2. The van der Waals surface area contributed by atoms with Gasteiger partial charge in [0.2, 0.25) is 5.88 Å². The molecule has 13 heteroatoms. The predicted molar refractivity (Wildman–Crippen MR) is 132 cm³/mol. The van der Waals surface area contributed by atoms with Crippen molar-refractivity contribution in [3.05, 3.63) is 59.9 Å². The summed E-state index contributed by atoms with van der Waals surface area (Å²) in [5, 5.41) is -0.496. The molecule has 2 aromatic heterocycles. The number of alkyl halides is 2. The number of anilines is 1. The lowest BCUT2D eigenvalue weighted by atomic mass is 10.1. The van der Waals surface area contributed by atoms with Crippen molar-refractivity contribution in [3.63, 3.8) is 0 Å². The lowest BCUT2D eigenvalue weighted by molar-refractivity contribution is 0.0845. The molecule has 1 fully saturated rings. The molecule has 1 atom stereocenters. The first-order valence-corrected chi connectivity index (χ1v) is 13.1. The Bertz CT molecular complexity index is 1470. The van der Waals surface area contributed by atoms with Gasteiger partial charge in [-0.15, -0.1) is 0 Å². The molecular weight excluding hydrogens is 525 g/mol. The van der Waals surface area contributed by atoms with Crippen LogP contribution in [0.15, 0.2) is 53.6 Å². The highest BCUT2D eigenvalue weighted by Gasteiger charge is 2.57. The first-order chi connectivity index (χ1) is 17.8. The molecule has 1 saturated carbocycles. The fourth-order valence-electron chi connectivity index (χ4n) is 3.38. The van der Waals surface area contributed by atoms with E-state index in [0.717, 1.165) is 6.07 Å². The number of carbonyl (C=O) groups is 1. The lowest BCUT2D eigenvalue weighted by Crippen LogP contribution is -2.32. The third-order valence-electron chi connectivity index (χ3n) is 5.48. The molecule has 1 aliphatic carbocycles. The number of carbonyl (C=O) groups excluding carboxylic acids is 1. The summed E-state index contributed by atoms with van der Waals surface area (Å²) in [4.78, 5) is 20.9. The predicted octanol–water partition coefficient (Wildman–Crippen LogP) is 4.05. The molecule has 0 saturated heterocycles. The Morgan fingerprint density at radius 1 is 1.16 bits per heavy atom. The number of ether oxygens (including phenoxy) is 2.